The Morgan fingerprint density at radius 3 is 1.58 bits per heavy atom. The molecule has 0 aliphatic heterocycles. The summed E-state index contributed by atoms with van der Waals surface area (Å²) in [6.07, 6.45) is 0. The lowest BCUT2D eigenvalue weighted by Crippen LogP contribution is -2.11. The summed E-state index contributed by atoms with van der Waals surface area (Å²) < 4.78 is 0. The lowest BCUT2D eigenvalue weighted by atomic mass is 10.0. The maximum atomic E-state index is 3.44. The minimum absolute atomic E-state index is 1.08. The van der Waals surface area contributed by atoms with Crippen molar-refractivity contribution in [1.82, 2.24) is 0 Å². The van der Waals surface area contributed by atoms with Gasteiger partial charge in [-0.15, -0.1) is 0 Å². The molecule has 0 aliphatic carbocycles. The first kappa shape index (κ1) is 20.6. The summed E-state index contributed by atoms with van der Waals surface area (Å²) in [7, 11) is 0. The zero-order valence-electron chi connectivity index (χ0n) is 18.6. The molecule has 160 valence electrons. The van der Waals surface area contributed by atoms with E-state index in [1.165, 1.54) is 22.4 Å². The van der Waals surface area contributed by atoms with E-state index in [1.54, 1.807) is 0 Å². The summed E-state index contributed by atoms with van der Waals surface area (Å²) >= 11 is 0. The first-order valence-electron chi connectivity index (χ1n) is 11.2. The van der Waals surface area contributed by atoms with Crippen LogP contribution in [-0.2, 0) is 0 Å². The van der Waals surface area contributed by atoms with Crippen LogP contribution in [0.25, 0.3) is 11.1 Å². The third kappa shape index (κ3) is 4.65. The molecule has 5 rings (SSSR count). The number of nitrogens with one attached hydrogen (secondary N) is 1. The van der Waals surface area contributed by atoms with Crippen LogP contribution < -0.4 is 10.2 Å². The number of para-hydroxylation sites is 3. The molecule has 0 atom stereocenters. The van der Waals surface area contributed by atoms with Crippen molar-refractivity contribution in [1.29, 1.82) is 0 Å². The molecular formula is C31H26N2. The Morgan fingerprint density at radius 2 is 0.939 bits per heavy atom. The van der Waals surface area contributed by atoms with Crippen molar-refractivity contribution < 1.29 is 0 Å². The molecule has 2 heteroatoms. The second kappa shape index (κ2) is 9.46. The van der Waals surface area contributed by atoms with E-state index in [4.69, 9.17) is 0 Å². The van der Waals surface area contributed by atoms with Crippen molar-refractivity contribution in [2.24, 2.45) is 0 Å². The summed E-state index contributed by atoms with van der Waals surface area (Å²) in [6.45, 7) is 2.16. The molecule has 0 bridgehead atoms. The van der Waals surface area contributed by atoms with Crippen molar-refractivity contribution in [3.8, 4) is 11.1 Å². The molecule has 2 nitrogen and oxygen atoms in total. The van der Waals surface area contributed by atoms with Crippen LogP contribution in [0.15, 0.2) is 133 Å². The fraction of sp³-hybridized carbons (Fsp3) is 0.0323. The van der Waals surface area contributed by atoms with Gasteiger partial charge >= 0.3 is 0 Å². The maximum Gasteiger partial charge on any atom is 0.0490 e. The average Bonchev–Trinajstić information content (AvgIpc) is 2.88. The summed E-state index contributed by atoms with van der Waals surface area (Å²) in [6, 6.07) is 46.6. The van der Waals surface area contributed by atoms with Crippen molar-refractivity contribution in [3.05, 3.63) is 139 Å². The van der Waals surface area contributed by atoms with E-state index in [9.17, 15) is 0 Å². The van der Waals surface area contributed by atoms with Crippen molar-refractivity contribution >= 4 is 28.4 Å². The van der Waals surface area contributed by atoms with Gasteiger partial charge in [0.05, 0.1) is 0 Å². The standard InChI is InChI=1S/C31H26N2/c1-24-10-8-9-15-31(24)33(29-13-6-3-7-14-29)30-22-18-26(19-23-30)25-16-20-28(21-17-25)32-27-11-4-2-5-12-27/h2-23,32H,1H3. The number of aryl methyl sites for hydroxylation is 1. The maximum absolute atomic E-state index is 3.44. The lowest BCUT2D eigenvalue weighted by molar-refractivity contribution is 1.25. The van der Waals surface area contributed by atoms with Crippen LogP contribution in [0.3, 0.4) is 0 Å². The summed E-state index contributed by atoms with van der Waals surface area (Å²) in [5, 5.41) is 3.44. The number of hydrogen-bond acceptors (Lipinski definition) is 2. The Morgan fingerprint density at radius 1 is 0.455 bits per heavy atom. The van der Waals surface area contributed by atoms with Gasteiger partial charge in [-0.25, -0.2) is 0 Å². The van der Waals surface area contributed by atoms with E-state index in [0.717, 1.165) is 22.7 Å². The van der Waals surface area contributed by atoms with Crippen molar-refractivity contribution in [2.45, 2.75) is 6.92 Å². The van der Waals surface area contributed by atoms with Gasteiger partial charge in [0.2, 0.25) is 0 Å². The molecule has 5 aromatic rings. The van der Waals surface area contributed by atoms with Gasteiger partial charge in [-0.1, -0.05) is 78.9 Å². The van der Waals surface area contributed by atoms with Gasteiger partial charge in [0, 0.05) is 28.4 Å². The molecule has 0 aliphatic rings. The Hall–Kier alpha value is -4.30. The van der Waals surface area contributed by atoms with Crippen LogP contribution >= 0.6 is 0 Å². The minimum Gasteiger partial charge on any atom is -0.356 e. The molecule has 33 heavy (non-hydrogen) atoms. The Labute approximate surface area is 195 Å². The predicted molar refractivity (Wildman–Crippen MR) is 141 cm³/mol. The Bertz CT molecular complexity index is 1310. The molecule has 5 aromatic carbocycles. The molecule has 0 aromatic heterocycles. The molecule has 0 saturated heterocycles. The van der Waals surface area contributed by atoms with Gasteiger partial charge in [0.25, 0.3) is 0 Å². The molecule has 0 unspecified atom stereocenters. The topological polar surface area (TPSA) is 15.3 Å². The van der Waals surface area contributed by atoms with Gasteiger partial charge < -0.3 is 10.2 Å². The number of benzene rings is 5. The summed E-state index contributed by atoms with van der Waals surface area (Å²) in [5.74, 6) is 0. The van der Waals surface area contributed by atoms with E-state index in [-0.39, 0.29) is 0 Å². The molecule has 0 heterocycles. The van der Waals surface area contributed by atoms with E-state index < -0.39 is 0 Å². The zero-order valence-corrected chi connectivity index (χ0v) is 18.6. The lowest BCUT2D eigenvalue weighted by Gasteiger charge is -2.27. The highest BCUT2D eigenvalue weighted by atomic mass is 15.1. The first-order chi connectivity index (χ1) is 16.3. The largest absolute Gasteiger partial charge is 0.356 e. The van der Waals surface area contributed by atoms with E-state index in [2.05, 4.69) is 132 Å². The van der Waals surface area contributed by atoms with Gasteiger partial charge in [-0.3, -0.25) is 0 Å². The van der Waals surface area contributed by atoms with Crippen LogP contribution in [0, 0.1) is 6.92 Å². The van der Waals surface area contributed by atoms with Crippen LogP contribution in [-0.4, -0.2) is 0 Å². The quantitative estimate of drug-likeness (QED) is 0.292. The second-order valence-electron chi connectivity index (χ2n) is 8.07. The normalized spacial score (nSPS) is 10.6. The summed E-state index contributed by atoms with van der Waals surface area (Å²) in [4.78, 5) is 2.31. The van der Waals surface area contributed by atoms with Gasteiger partial charge in [0.1, 0.15) is 0 Å². The summed E-state index contributed by atoms with van der Waals surface area (Å²) in [5.41, 5.74) is 9.28. The highest BCUT2D eigenvalue weighted by molar-refractivity contribution is 5.80. The molecule has 0 saturated carbocycles. The molecule has 0 amide bonds. The third-order valence-corrected chi connectivity index (χ3v) is 5.78. The smallest absolute Gasteiger partial charge is 0.0490 e. The van der Waals surface area contributed by atoms with E-state index >= 15 is 0 Å². The number of hydrogen-bond donors (Lipinski definition) is 1. The molecular weight excluding hydrogens is 400 g/mol. The van der Waals surface area contributed by atoms with Crippen LogP contribution in [0.5, 0.6) is 0 Å². The third-order valence-electron chi connectivity index (χ3n) is 5.78. The first-order valence-corrected chi connectivity index (χ1v) is 11.2. The number of nitrogens with zero attached hydrogens (tertiary/aromatic N) is 1. The number of anilines is 5. The van der Waals surface area contributed by atoms with Crippen LogP contribution in [0.4, 0.5) is 28.4 Å². The minimum atomic E-state index is 1.08. The molecule has 1 N–H and O–H groups in total. The number of rotatable bonds is 6. The SMILES string of the molecule is Cc1ccccc1N(c1ccccc1)c1ccc(-c2ccc(Nc3ccccc3)cc2)cc1. The Balaban J connectivity index is 1.42. The van der Waals surface area contributed by atoms with Gasteiger partial charge in [0.15, 0.2) is 0 Å². The highest BCUT2D eigenvalue weighted by Gasteiger charge is 2.14. The molecule has 0 fully saturated rings. The van der Waals surface area contributed by atoms with Gasteiger partial charge in [-0.2, -0.15) is 0 Å². The van der Waals surface area contributed by atoms with Crippen LogP contribution in [0.2, 0.25) is 0 Å². The molecule has 0 radical (unpaired) electrons. The second-order valence-corrected chi connectivity index (χ2v) is 8.07. The van der Waals surface area contributed by atoms with Crippen molar-refractivity contribution in [3.63, 3.8) is 0 Å². The van der Waals surface area contributed by atoms with E-state index in [0.29, 0.717) is 0 Å². The fourth-order valence-electron chi connectivity index (χ4n) is 4.06. The predicted octanol–water partition coefficient (Wildman–Crippen LogP) is 8.88. The highest BCUT2D eigenvalue weighted by Crippen LogP contribution is 2.37. The molecule has 0 spiro atoms. The zero-order chi connectivity index (χ0) is 22.5. The average molecular weight is 427 g/mol. The van der Waals surface area contributed by atoms with E-state index in [1.807, 2.05) is 18.2 Å². The monoisotopic (exact) mass is 426 g/mol. The van der Waals surface area contributed by atoms with Gasteiger partial charge in [-0.05, 0) is 78.2 Å². The Kier molecular flexibility index (Phi) is 5.90. The fourth-order valence-corrected chi connectivity index (χ4v) is 4.06. The van der Waals surface area contributed by atoms with Crippen molar-refractivity contribution in [2.75, 3.05) is 10.2 Å². The van der Waals surface area contributed by atoms with Crippen LogP contribution in [0.1, 0.15) is 5.56 Å².